The van der Waals surface area contributed by atoms with Gasteiger partial charge in [0, 0.05) is 27.2 Å². The van der Waals surface area contributed by atoms with Crippen LogP contribution in [0.5, 0.6) is 5.75 Å². The first-order valence-corrected chi connectivity index (χ1v) is 7.09. The molecular formula is C15H24N4O3. The lowest BCUT2D eigenvalue weighted by Gasteiger charge is -2.11. The van der Waals surface area contributed by atoms with Crippen LogP contribution in [0.25, 0.3) is 0 Å². The lowest BCUT2D eigenvalue weighted by atomic mass is 10.1. The third-order valence-electron chi connectivity index (χ3n) is 2.83. The van der Waals surface area contributed by atoms with Gasteiger partial charge in [0.05, 0.1) is 6.61 Å². The fraction of sp³-hybridized carbons (Fsp3) is 0.467. The minimum atomic E-state index is -0.486. The fourth-order valence-electron chi connectivity index (χ4n) is 1.72. The van der Waals surface area contributed by atoms with Gasteiger partial charge < -0.3 is 25.8 Å². The molecule has 0 atom stereocenters. The number of hydrogen-bond donors (Lipinski definition) is 3. The lowest BCUT2D eigenvalue weighted by molar-refractivity contribution is -0.119. The molecule has 0 fully saturated rings. The van der Waals surface area contributed by atoms with E-state index in [1.54, 1.807) is 14.2 Å². The third kappa shape index (κ3) is 7.49. The van der Waals surface area contributed by atoms with E-state index in [0.717, 1.165) is 24.5 Å². The van der Waals surface area contributed by atoms with Crippen molar-refractivity contribution in [3.05, 3.63) is 29.8 Å². The number of methoxy groups -OCH3 is 1. The van der Waals surface area contributed by atoms with Gasteiger partial charge in [0.15, 0.2) is 12.6 Å². The molecule has 1 rings (SSSR count). The van der Waals surface area contributed by atoms with Crippen molar-refractivity contribution in [1.82, 2.24) is 10.6 Å². The van der Waals surface area contributed by atoms with E-state index in [9.17, 15) is 4.79 Å². The molecule has 122 valence electrons. The predicted octanol–water partition coefficient (Wildman–Crippen LogP) is -0.0954. The molecule has 0 aliphatic heterocycles. The van der Waals surface area contributed by atoms with Crippen LogP contribution in [0.4, 0.5) is 0 Å². The molecule has 0 spiro atoms. The van der Waals surface area contributed by atoms with Gasteiger partial charge in [-0.1, -0.05) is 12.1 Å². The summed E-state index contributed by atoms with van der Waals surface area (Å²) >= 11 is 0. The predicted molar refractivity (Wildman–Crippen MR) is 86.1 cm³/mol. The topological polar surface area (TPSA) is 98.0 Å². The Morgan fingerprint density at radius 3 is 2.50 bits per heavy atom. The van der Waals surface area contributed by atoms with Crippen molar-refractivity contribution >= 4 is 11.9 Å². The van der Waals surface area contributed by atoms with Crippen molar-refractivity contribution in [2.24, 2.45) is 10.7 Å². The number of aliphatic imine (C=N–C) groups is 1. The van der Waals surface area contributed by atoms with Crippen LogP contribution in [0, 0.1) is 0 Å². The Labute approximate surface area is 130 Å². The molecule has 0 aromatic heterocycles. The largest absolute Gasteiger partial charge is 0.484 e. The summed E-state index contributed by atoms with van der Waals surface area (Å²) in [6.07, 6.45) is 0.848. The van der Waals surface area contributed by atoms with Crippen molar-refractivity contribution in [3.8, 4) is 5.75 Å². The van der Waals surface area contributed by atoms with E-state index < -0.39 is 5.91 Å². The first-order valence-electron chi connectivity index (χ1n) is 7.09. The van der Waals surface area contributed by atoms with Gasteiger partial charge in [-0.3, -0.25) is 9.79 Å². The monoisotopic (exact) mass is 308 g/mol. The van der Waals surface area contributed by atoms with Gasteiger partial charge in [0.1, 0.15) is 5.75 Å². The summed E-state index contributed by atoms with van der Waals surface area (Å²) in [6.45, 7) is 1.99. The molecule has 0 unspecified atom stereocenters. The van der Waals surface area contributed by atoms with Crippen LogP contribution in [0.1, 0.15) is 5.56 Å². The Kier molecular flexibility index (Phi) is 8.44. The summed E-state index contributed by atoms with van der Waals surface area (Å²) < 4.78 is 10.2. The molecule has 1 amide bonds. The van der Waals surface area contributed by atoms with E-state index in [0.29, 0.717) is 18.9 Å². The minimum Gasteiger partial charge on any atom is -0.484 e. The standard InChI is InChI=1S/C15H24N4O3/c1-17-15(19-9-10-21-2)18-8-7-12-3-5-13(6-4-12)22-11-14(16)20/h3-6H,7-11H2,1-2H3,(H2,16,20)(H2,17,18,19). The Balaban J connectivity index is 2.30. The number of benzene rings is 1. The smallest absolute Gasteiger partial charge is 0.255 e. The molecule has 0 radical (unpaired) electrons. The van der Waals surface area contributed by atoms with E-state index in [2.05, 4.69) is 15.6 Å². The van der Waals surface area contributed by atoms with Gasteiger partial charge >= 0.3 is 0 Å². The number of nitrogens with zero attached hydrogens (tertiary/aromatic N) is 1. The van der Waals surface area contributed by atoms with Gasteiger partial charge in [0.25, 0.3) is 5.91 Å². The number of carbonyl (C=O) groups is 1. The summed E-state index contributed by atoms with van der Waals surface area (Å²) in [5.74, 6) is 0.895. The van der Waals surface area contributed by atoms with Crippen molar-refractivity contribution in [2.75, 3.05) is 40.5 Å². The zero-order valence-corrected chi connectivity index (χ0v) is 13.1. The number of nitrogens with two attached hydrogens (primary N) is 1. The van der Waals surface area contributed by atoms with E-state index in [1.165, 1.54) is 0 Å². The van der Waals surface area contributed by atoms with Gasteiger partial charge in [-0.2, -0.15) is 0 Å². The van der Waals surface area contributed by atoms with Crippen LogP contribution in [-0.2, 0) is 16.0 Å². The second-order valence-corrected chi connectivity index (χ2v) is 4.57. The zero-order chi connectivity index (χ0) is 16.2. The molecule has 0 saturated heterocycles. The average Bonchev–Trinajstić information content (AvgIpc) is 2.52. The third-order valence-corrected chi connectivity index (χ3v) is 2.83. The second kappa shape index (κ2) is 10.4. The second-order valence-electron chi connectivity index (χ2n) is 4.57. The molecule has 1 aromatic rings. The Morgan fingerprint density at radius 2 is 1.91 bits per heavy atom. The van der Waals surface area contributed by atoms with Crippen LogP contribution in [0.2, 0.25) is 0 Å². The van der Waals surface area contributed by atoms with Crippen LogP contribution in [-0.4, -0.2) is 52.3 Å². The van der Waals surface area contributed by atoms with Gasteiger partial charge in [-0.15, -0.1) is 0 Å². The van der Waals surface area contributed by atoms with Crippen molar-refractivity contribution in [1.29, 1.82) is 0 Å². The number of guanidine groups is 1. The lowest BCUT2D eigenvalue weighted by Crippen LogP contribution is -2.39. The number of primary amides is 1. The number of ether oxygens (including phenoxy) is 2. The van der Waals surface area contributed by atoms with Crippen molar-refractivity contribution in [2.45, 2.75) is 6.42 Å². The summed E-state index contributed by atoms with van der Waals surface area (Å²) in [5, 5.41) is 6.37. The highest BCUT2D eigenvalue weighted by Crippen LogP contribution is 2.12. The number of amides is 1. The molecular weight excluding hydrogens is 284 g/mol. The number of rotatable bonds is 9. The maximum absolute atomic E-state index is 10.6. The highest BCUT2D eigenvalue weighted by molar-refractivity contribution is 5.79. The fourth-order valence-corrected chi connectivity index (χ4v) is 1.72. The van der Waals surface area contributed by atoms with Crippen LogP contribution >= 0.6 is 0 Å². The Bertz CT molecular complexity index is 474. The summed E-state index contributed by atoms with van der Waals surface area (Å²) in [5.41, 5.74) is 6.18. The van der Waals surface area contributed by atoms with E-state index >= 15 is 0 Å². The van der Waals surface area contributed by atoms with E-state index in [4.69, 9.17) is 15.2 Å². The molecule has 1 aromatic carbocycles. The quantitative estimate of drug-likeness (QED) is 0.336. The first-order chi connectivity index (χ1) is 10.7. The molecule has 0 bridgehead atoms. The molecule has 7 nitrogen and oxygen atoms in total. The minimum absolute atomic E-state index is 0.107. The van der Waals surface area contributed by atoms with Gasteiger partial charge in [-0.05, 0) is 24.1 Å². The van der Waals surface area contributed by atoms with Crippen LogP contribution < -0.4 is 21.1 Å². The van der Waals surface area contributed by atoms with Gasteiger partial charge in [-0.25, -0.2) is 0 Å². The van der Waals surface area contributed by atoms with Crippen molar-refractivity contribution in [3.63, 3.8) is 0 Å². The highest BCUT2D eigenvalue weighted by atomic mass is 16.5. The molecule has 0 aliphatic carbocycles. The maximum Gasteiger partial charge on any atom is 0.255 e. The summed E-state index contributed by atoms with van der Waals surface area (Å²) in [7, 11) is 3.39. The molecule has 7 heteroatoms. The Morgan fingerprint density at radius 1 is 1.23 bits per heavy atom. The number of nitrogens with one attached hydrogen (secondary N) is 2. The van der Waals surface area contributed by atoms with E-state index in [1.807, 2.05) is 24.3 Å². The molecule has 0 aliphatic rings. The SMILES string of the molecule is CN=C(NCCOC)NCCc1ccc(OCC(N)=O)cc1. The number of carbonyl (C=O) groups excluding carboxylic acids is 1. The first kappa shape index (κ1) is 17.8. The molecule has 4 N–H and O–H groups in total. The normalized spacial score (nSPS) is 11.1. The molecule has 22 heavy (non-hydrogen) atoms. The Hall–Kier alpha value is -2.28. The number of hydrogen-bond acceptors (Lipinski definition) is 4. The maximum atomic E-state index is 10.6. The summed E-state index contributed by atoms with van der Waals surface area (Å²) in [6, 6.07) is 7.56. The summed E-state index contributed by atoms with van der Waals surface area (Å²) in [4.78, 5) is 14.8. The van der Waals surface area contributed by atoms with E-state index in [-0.39, 0.29) is 6.61 Å². The molecule has 0 heterocycles. The molecule has 0 saturated carbocycles. The average molecular weight is 308 g/mol. The van der Waals surface area contributed by atoms with Crippen molar-refractivity contribution < 1.29 is 14.3 Å². The highest BCUT2D eigenvalue weighted by Gasteiger charge is 2.00. The van der Waals surface area contributed by atoms with Crippen LogP contribution in [0.3, 0.4) is 0 Å². The van der Waals surface area contributed by atoms with Crippen LogP contribution in [0.15, 0.2) is 29.3 Å². The van der Waals surface area contributed by atoms with Gasteiger partial charge in [0.2, 0.25) is 0 Å². The zero-order valence-electron chi connectivity index (χ0n) is 13.1.